The minimum absolute atomic E-state index is 0.0236. The van der Waals surface area contributed by atoms with Crippen LogP contribution in [0.5, 0.6) is 5.75 Å². The maximum absolute atomic E-state index is 12.6. The second kappa shape index (κ2) is 9.94. The van der Waals surface area contributed by atoms with Gasteiger partial charge >= 0.3 is 5.97 Å². The third-order valence-corrected chi connectivity index (χ3v) is 5.00. The van der Waals surface area contributed by atoms with E-state index in [2.05, 4.69) is 10.6 Å². The summed E-state index contributed by atoms with van der Waals surface area (Å²) in [6.07, 6.45) is 0.813. The topological polar surface area (TPSA) is 105 Å². The first-order valence-electron chi connectivity index (χ1n) is 9.16. The van der Waals surface area contributed by atoms with Crippen LogP contribution in [0.3, 0.4) is 0 Å². The number of ether oxygens (including phenoxy) is 1. The van der Waals surface area contributed by atoms with Gasteiger partial charge in [0.05, 0.1) is 12.5 Å². The van der Waals surface area contributed by atoms with Crippen molar-refractivity contribution >= 4 is 17.8 Å². The molecule has 2 amide bonds. The molecule has 1 rings (SSSR count). The first-order chi connectivity index (χ1) is 12.7. The lowest BCUT2D eigenvalue weighted by atomic mass is 9.82. The van der Waals surface area contributed by atoms with Gasteiger partial charge in [-0.15, -0.1) is 0 Å². The van der Waals surface area contributed by atoms with Crippen molar-refractivity contribution < 1.29 is 24.2 Å². The molecule has 0 radical (unpaired) electrons. The maximum atomic E-state index is 12.6. The van der Waals surface area contributed by atoms with Gasteiger partial charge in [-0.3, -0.25) is 14.4 Å². The van der Waals surface area contributed by atoms with Crippen molar-refractivity contribution in [2.75, 3.05) is 13.7 Å². The maximum Gasteiger partial charge on any atom is 0.311 e. The van der Waals surface area contributed by atoms with Crippen LogP contribution >= 0.6 is 0 Å². The minimum atomic E-state index is -1.00. The van der Waals surface area contributed by atoms with Crippen LogP contribution in [0.4, 0.5) is 0 Å². The van der Waals surface area contributed by atoms with E-state index in [0.717, 1.165) is 0 Å². The Kier molecular flexibility index (Phi) is 8.28. The first kappa shape index (κ1) is 22.5. The molecule has 0 saturated carbocycles. The molecule has 0 aliphatic rings. The third-order valence-electron chi connectivity index (χ3n) is 5.00. The van der Waals surface area contributed by atoms with E-state index in [0.29, 0.717) is 24.2 Å². The average molecular weight is 378 g/mol. The van der Waals surface area contributed by atoms with Gasteiger partial charge in [0, 0.05) is 12.1 Å². The summed E-state index contributed by atoms with van der Waals surface area (Å²) in [4.78, 5) is 36.7. The van der Waals surface area contributed by atoms with Gasteiger partial charge in [-0.2, -0.15) is 0 Å². The van der Waals surface area contributed by atoms with Crippen LogP contribution < -0.4 is 15.4 Å². The minimum Gasteiger partial charge on any atom is -0.497 e. The lowest BCUT2D eigenvalue weighted by Gasteiger charge is -2.29. The van der Waals surface area contributed by atoms with Crippen molar-refractivity contribution in [2.24, 2.45) is 11.3 Å². The third kappa shape index (κ3) is 5.70. The number of carboxylic acid groups (broad SMARTS) is 1. The summed E-state index contributed by atoms with van der Waals surface area (Å²) in [6, 6.07) is 5.81. The normalized spacial score (nSPS) is 12.4. The highest BCUT2D eigenvalue weighted by molar-refractivity contribution is 5.97. The molecule has 1 unspecified atom stereocenters. The predicted octanol–water partition coefficient (Wildman–Crippen LogP) is 2.46. The molecule has 0 bridgehead atoms. The Hall–Kier alpha value is -2.57. The van der Waals surface area contributed by atoms with Gasteiger partial charge < -0.3 is 20.5 Å². The lowest BCUT2D eigenvalue weighted by molar-refractivity contribution is -0.149. The van der Waals surface area contributed by atoms with E-state index in [4.69, 9.17) is 4.74 Å². The van der Waals surface area contributed by atoms with Gasteiger partial charge in [-0.1, -0.05) is 27.7 Å². The molecule has 7 heteroatoms. The first-order valence-corrected chi connectivity index (χ1v) is 9.16. The van der Waals surface area contributed by atoms with Crippen LogP contribution in [0.2, 0.25) is 0 Å². The van der Waals surface area contributed by atoms with Gasteiger partial charge in [0.15, 0.2) is 0 Å². The van der Waals surface area contributed by atoms with Crippen LogP contribution in [0, 0.1) is 11.3 Å². The molecule has 1 aromatic rings. The van der Waals surface area contributed by atoms with Crippen molar-refractivity contribution in [2.45, 2.75) is 46.6 Å². The summed E-state index contributed by atoms with van der Waals surface area (Å²) in [5.41, 5.74) is -0.590. The zero-order valence-corrected chi connectivity index (χ0v) is 16.7. The number of carbonyl (C=O) groups is 3. The fraction of sp³-hybridized carbons (Fsp3) is 0.550. The summed E-state index contributed by atoms with van der Waals surface area (Å²) >= 11 is 0. The smallest absolute Gasteiger partial charge is 0.311 e. The van der Waals surface area contributed by atoms with E-state index >= 15 is 0 Å². The van der Waals surface area contributed by atoms with Crippen molar-refractivity contribution in [3.05, 3.63) is 29.8 Å². The van der Waals surface area contributed by atoms with Gasteiger partial charge in [0.25, 0.3) is 5.91 Å². The molecule has 1 atom stereocenters. The van der Waals surface area contributed by atoms with E-state index in [9.17, 15) is 19.5 Å². The highest BCUT2D eigenvalue weighted by Crippen LogP contribution is 2.25. The van der Waals surface area contributed by atoms with Crippen LogP contribution in [0.25, 0.3) is 0 Å². The summed E-state index contributed by atoms with van der Waals surface area (Å²) in [5, 5.41) is 14.9. The fourth-order valence-corrected chi connectivity index (χ4v) is 2.75. The zero-order valence-electron chi connectivity index (χ0n) is 16.7. The number of hydrogen-bond donors (Lipinski definition) is 3. The van der Waals surface area contributed by atoms with E-state index in [1.807, 2.05) is 13.8 Å². The Labute approximate surface area is 160 Å². The Morgan fingerprint density at radius 1 is 1.11 bits per heavy atom. The molecule has 0 aromatic heterocycles. The molecule has 0 saturated heterocycles. The SMILES string of the molecule is CCC(CC)(CNC(=O)C(NC(=O)c1ccc(OC)cc1)C(C)C)C(=O)O. The highest BCUT2D eigenvalue weighted by Gasteiger charge is 2.36. The molecule has 1 aromatic carbocycles. The van der Waals surface area contributed by atoms with Crippen molar-refractivity contribution in [1.82, 2.24) is 10.6 Å². The van der Waals surface area contributed by atoms with E-state index in [1.165, 1.54) is 7.11 Å². The van der Waals surface area contributed by atoms with Crippen molar-refractivity contribution in [3.63, 3.8) is 0 Å². The second-order valence-corrected chi connectivity index (χ2v) is 6.93. The lowest BCUT2D eigenvalue weighted by Crippen LogP contribution is -2.52. The molecule has 7 nitrogen and oxygen atoms in total. The van der Waals surface area contributed by atoms with Gasteiger partial charge in [-0.25, -0.2) is 0 Å². The molecular formula is C20H30N2O5. The Balaban J connectivity index is 2.83. The Morgan fingerprint density at radius 2 is 1.67 bits per heavy atom. The average Bonchev–Trinajstić information content (AvgIpc) is 2.66. The predicted molar refractivity (Wildman–Crippen MR) is 103 cm³/mol. The van der Waals surface area contributed by atoms with E-state index in [-0.39, 0.29) is 24.3 Å². The molecule has 0 heterocycles. The van der Waals surface area contributed by atoms with Crippen LogP contribution in [-0.2, 0) is 9.59 Å². The number of benzene rings is 1. The number of carbonyl (C=O) groups excluding carboxylic acids is 2. The second-order valence-electron chi connectivity index (χ2n) is 6.93. The zero-order chi connectivity index (χ0) is 20.6. The number of rotatable bonds is 10. The van der Waals surface area contributed by atoms with Crippen molar-refractivity contribution in [1.29, 1.82) is 0 Å². The molecule has 27 heavy (non-hydrogen) atoms. The number of methoxy groups -OCH3 is 1. The van der Waals surface area contributed by atoms with Gasteiger partial charge in [0.2, 0.25) is 5.91 Å². The van der Waals surface area contributed by atoms with Gasteiger partial charge in [-0.05, 0) is 43.0 Å². The highest BCUT2D eigenvalue weighted by atomic mass is 16.5. The summed E-state index contributed by atoms with van der Waals surface area (Å²) < 4.78 is 5.07. The monoisotopic (exact) mass is 378 g/mol. The van der Waals surface area contributed by atoms with E-state index in [1.54, 1.807) is 38.1 Å². The molecule has 3 N–H and O–H groups in total. The largest absolute Gasteiger partial charge is 0.497 e. The van der Waals surface area contributed by atoms with Gasteiger partial charge in [0.1, 0.15) is 11.8 Å². The fourth-order valence-electron chi connectivity index (χ4n) is 2.75. The number of carboxylic acids is 1. The van der Waals surface area contributed by atoms with Crippen molar-refractivity contribution in [3.8, 4) is 5.75 Å². The van der Waals surface area contributed by atoms with Crippen LogP contribution in [-0.4, -0.2) is 42.6 Å². The summed E-state index contributed by atoms with van der Waals surface area (Å²) in [7, 11) is 1.54. The number of hydrogen-bond acceptors (Lipinski definition) is 4. The Morgan fingerprint density at radius 3 is 2.07 bits per heavy atom. The molecule has 0 aliphatic heterocycles. The number of aliphatic carboxylic acids is 1. The van der Waals surface area contributed by atoms with E-state index < -0.39 is 17.4 Å². The molecule has 0 fully saturated rings. The Bertz CT molecular complexity index is 651. The summed E-state index contributed by atoms with van der Waals surface area (Å²) in [6.45, 7) is 7.24. The quantitative estimate of drug-likeness (QED) is 0.580. The van der Waals surface area contributed by atoms with Crippen LogP contribution in [0.15, 0.2) is 24.3 Å². The number of amides is 2. The molecule has 0 aliphatic carbocycles. The molecule has 150 valence electrons. The molecule has 0 spiro atoms. The van der Waals surface area contributed by atoms with Crippen LogP contribution in [0.1, 0.15) is 50.9 Å². The summed E-state index contributed by atoms with van der Waals surface area (Å²) in [5.74, 6) is -1.22. The molecular weight excluding hydrogens is 348 g/mol. The number of nitrogens with one attached hydrogen (secondary N) is 2. The standard InChI is InChI=1S/C20H30N2O5/c1-6-20(7-2,19(25)26)12-21-18(24)16(13(3)4)22-17(23)14-8-10-15(27-5)11-9-14/h8-11,13,16H,6-7,12H2,1-5H3,(H,21,24)(H,22,23)(H,25,26).